The molecule has 4 nitrogen and oxygen atoms in total. The molecule has 4 heteroatoms. The largest absolute Gasteiger partial charge is 0.459 e. The van der Waals surface area contributed by atoms with Crippen LogP contribution in [0, 0.1) is 0 Å². The molecule has 114 valence electrons. The van der Waals surface area contributed by atoms with Crippen LogP contribution in [0.25, 0.3) is 0 Å². The number of carbonyl (C=O) groups excluding carboxylic acids is 2. The summed E-state index contributed by atoms with van der Waals surface area (Å²) in [5.41, 5.74) is 1.90. The van der Waals surface area contributed by atoms with Crippen LogP contribution in [-0.4, -0.2) is 11.7 Å². The van der Waals surface area contributed by atoms with Gasteiger partial charge in [-0.25, -0.2) is 0 Å². The van der Waals surface area contributed by atoms with E-state index >= 15 is 0 Å². The summed E-state index contributed by atoms with van der Waals surface area (Å²) >= 11 is 0. The summed E-state index contributed by atoms with van der Waals surface area (Å²) in [5, 5.41) is 2.73. The van der Waals surface area contributed by atoms with E-state index in [1.807, 2.05) is 30.3 Å². The maximum Gasteiger partial charge on any atom is 0.291 e. The summed E-state index contributed by atoms with van der Waals surface area (Å²) in [6.07, 6.45) is 1.72. The second-order valence-corrected chi connectivity index (χ2v) is 5.06. The van der Waals surface area contributed by atoms with Crippen molar-refractivity contribution in [1.29, 1.82) is 0 Å². The summed E-state index contributed by atoms with van der Waals surface area (Å²) in [6.45, 7) is 0. The summed E-state index contributed by atoms with van der Waals surface area (Å²) in [5.74, 6) is -0.225. The quantitative estimate of drug-likeness (QED) is 0.726. The standard InChI is InChI=1S/C19H15NO3/c21-17(13-14-7-2-1-3-8-14)15-9-4-5-10-16(15)20-19(22)18-11-6-12-23-18/h1-12H,13H2,(H,20,22). The number of rotatable bonds is 5. The first-order chi connectivity index (χ1) is 11.2. The number of furan rings is 1. The molecule has 2 aromatic carbocycles. The van der Waals surface area contributed by atoms with Gasteiger partial charge < -0.3 is 9.73 Å². The number of Topliss-reactive ketones (excluding diaryl/α,β-unsaturated/α-hetero) is 1. The van der Waals surface area contributed by atoms with E-state index in [9.17, 15) is 9.59 Å². The lowest BCUT2D eigenvalue weighted by Crippen LogP contribution is -2.15. The van der Waals surface area contributed by atoms with E-state index in [-0.39, 0.29) is 23.9 Å². The van der Waals surface area contributed by atoms with E-state index < -0.39 is 0 Å². The maximum atomic E-state index is 12.5. The van der Waals surface area contributed by atoms with Crippen LogP contribution in [0.1, 0.15) is 26.5 Å². The van der Waals surface area contributed by atoms with E-state index in [0.29, 0.717) is 11.3 Å². The van der Waals surface area contributed by atoms with Gasteiger partial charge in [-0.3, -0.25) is 9.59 Å². The van der Waals surface area contributed by atoms with Gasteiger partial charge in [0.2, 0.25) is 0 Å². The zero-order valence-electron chi connectivity index (χ0n) is 12.4. The van der Waals surface area contributed by atoms with Gasteiger partial charge in [0.25, 0.3) is 5.91 Å². The van der Waals surface area contributed by atoms with E-state index in [1.54, 1.807) is 36.4 Å². The topological polar surface area (TPSA) is 59.3 Å². The highest BCUT2D eigenvalue weighted by Crippen LogP contribution is 2.19. The maximum absolute atomic E-state index is 12.5. The van der Waals surface area contributed by atoms with Crippen molar-refractivity contribution in [3.63, 3.8) is 0 Å². The van der Waals surface area contributed by atoms with Crippen molar-refractivity contribution in [3.05, 3.63) is 89.9 Å². The normalized spacial score (nSPS) is 10.3. The third kappa shape index (κ3) is 3.55. The summed E-state index contributed by atoms with van der Waals surface area (Å²) in [4.78, 5) is 24.6. The minimum absolute atomic E-state index is 0.0495. The molecule has 0 bridgehead atoms. The van der Waals surface area contributed by atoms with E-state index in [0.717, 1.165) is 5.56 Å². The Balaban J connectivity index is 1.80. The zero-order chi connectivity index (χ0) is 16.1. The van der Waals surface area contributed by atoms with Gasteiger partial charge >= 0.3 is 0 Å². The number of hydrogen-bond donors (Lipinski definition) is 1. The third-order valence-corrected chi connectivity index (χ3v) is 3.43. The highest BCUT2D eigenvalue weighted by atomic mass is 16.3. The van der Waals surface area contributed by atoms with Crippen LogP contribution >= 0.6 is 0 Å². The Hall–Kier alpha value is -3.14. The van der Waals surface area contributed by atoms with Gasteiger partial charge in [-0.05, 0) is 29.8 Å². The fourth-order valence-corrected chi connectivity index (χ4v) is 2.30. The highest BCUT2D eigenvalue weighted by Gasteiger charge is 2.15. The average molecular weight is 305 g/mol. The van der Waals surface area contributed by atoms with Crippen molar-refractivity contribution in [3.8, 4) is 0 Å². The van der Waals surface area contributed by atoms with Crippen LogP contribution in [0.4, 0.5) is 5.69 Å². The van der Waals surface area contributed by atoms with Gasteiger partial charge in [0, 0.05) is 12.0 Å². The number of hydrogen-bond acceptors (Lipinski definition) is 3. The molecule has 0 spiro atoms. The smallest absolute Gasteiger partial charge is 0.291 e. The van der Waals surface area contributed by atoms with Crippen LogP contribution in [0.3, 0.4) is 0 Å². The summed E-state index contributed by atoms with van der Waals surface area (Å²) in [7, 11) is 0. The molecule has 0 aliphatic rings. The molecule has 0 radical (unpaired) electrons. The van der Waals surface area contributed by atoms with Crippen LogP contribution in [0.5, 0.6) is 0 Å². The molecule has 0 unspecified atom stereocenters. The third-order valence-electron chi connectivity index (χ3n) is 3.43. The molecular weight excluding hydrogens is 290 g/mol. The molecule has 1 aromatic heterocycles. The number of nitrogens with one attached hydrogen (secondary N) is 1. The van der Waals surface area contributed by atoms with Crippen LogP contribution < -0.4 is 5.32 Å². The lowest BCUT2D eigenvalue weighted by Gasteiger charge is -2.09. The Morgan fingerprint density at radius 1 is 0.870 bits per heavy atom. The molecule has 0 fully saturated rings. The first kappa shape index (κ1) is 14.8. The molecule has 1 amide bonds. The molecule has 23 heavy (non-hydrogen) atoms. The average Bonchev–Trinajstić information content (AvgIpc) is 3.11. The van der Waals surface area contributed by atoms with Crippen molar-refractivity contribution in [2.45, 2.75) is 6.42 Å². The molecule has 0 saturated carbocycles. The van der Waals surface area contributed by atoms with Gasteiger partial charge in [0.15, 0.2) is 11.5 Å². The predicted octanol–water partition coefficient (Wildman–Crippen LogP) is 3.96. The molecular formula is C19H15NO3. The lowest BCUT2D eigenvalue weighted by atomic mass is 10.0. The Morgan fingerprint density at radius 3 is 2.35 bits per heavy atom. The fraction of sp³-hybridized carbons (Fsp3) is 0.0526. The van der Waals surface area contributed by atoms with Crippen molar-refractivity contribution in [2.24, 2.45) is 0 Å². The predicted molar refractivity (Wildman–Crippen MR) is 87.6 cm³/mol. The van der Waals surface area contributed by atoms with Gasteiger partial charge in [0.1, 0.15) is 0 Å². The van der Waals surface area contributed by atoms with Gasteiger partial charge in [-0.15, -0.1) is 0 Å². The lowest BCUT2D eigenvalue weighted by molar-refractivity contribution is 0.0994. The first-order valence-electron chi connectivity index (χ1n) is 7.25. The Labute approximate surface area is 133 Å². The Kier molecular flexibility index (Phi) is 4.34. The van der Waals surface area contributed by atoms with Crippen LogP contribution in [0.15, 0.2) is 77.4 Å². The Morgan fingerprint density at radius 2 is 1.61 bits per heavy atom. The number of ketones is 1. The van der Waals surface area contributed by atoms with Crippen LogP contribution in [-0.2, 0) is 6.42 Å². The van der Waals surface area contributed by atoms with Gasteiger partial charge in [-0.1, -0.05) is 42.5 Å². The van der Waals surface area contributed by atoms with Crippen molar-refractivity contribution in [1.82, 2.24) is 0 Å². The van der Waals surface area contributed by atoms with E-state index in [1.165, 1.54) is 6.26 Å². The highest BCUT2D eigenvalue weighted by molar-refractivity contribution is 6.08. The Bertz CT molecular complexity index is 808. The second kappa shape index (κ2) is 6.75. The second-order valence-electron chi connectivity index (χ2n) is 5.06. The number of anilines is 1. The SMILES string of the molecule is O=C(Nc1ccccc1C(=O)Cc1ccccc1)c1ccco1. The number of para-hydroxylation sites is 1. The molecule has 1 N–H and O–H groups in total. The van der Waals surface area contributed by atoms with Crippen molar-refractivity contribution >= 4 is 17.4 Å². The van der Waals surface area contributed by atoms with Crippen molar-refractivity contribution < 1.29 is 14.0 Å². The minimum Gasteiger partial charge on any atom is -0.459 e. The molecule has 1 heterocycles. The number of benzene rings is 2. The first-order valence-corrected chi connectivity index (χ1v) is 7.25. The van der Waals surface area contributed by atoms with Crippen LogP contribution in [0.2, 0.25) is 0 Å². The molecule has 0 aliphatic heterocycles. The molecule has 0 saturated heterocycles. The summed E-state index contributed by atoms with van der Waals surface area (Å²) < 4.78 is 5.07. The fourth-order valence-electron chi connectivity index (χ4n) is 2.30. The van der Waals surface area contributed by atoms with Crippen molar-refractivity contribution in [2.75, 3.05) is 5.32 Å². The molecule has 3 aromatic rings. The number of carbonyl (C=O) groups is 2. The number of amides is 1. The molecule has 0 atom stereocenters. The van der Waals surface area contributed by atoms with Gasteiger partial charge in [0.05, 0.1) is 12.0 Å². The zero-order valence-corrected chi connectivity index (χ0v) is 12.4. The molecule has 3 rings (SSSR count). The van der Waals surface area contributed by atoms with Gasteiger partial charge in [-0.2, -0.15) is 0 Å². The monoisotopic (exact) mass is 305 g/mol. The summed E-state index contributed by atoms with van der Waals surface area (Å²) in [6, 6.07) is 19.7. The van der Waals surface area contributed by atoms with E-state index in [2.05, 4.69) is 5.32 Å². The molecule has 0 aliphatic carbocycles. The minimum atomic E-state index is -0.380. The van der Waals surface area contributed by atoms with E-state index in [4.69, 9.17) is 4.42 Å².